The van der Waals surface area contributed by atoms with Crippen LogP contribution in [0.3, 0.4) is 0 Å². The fourth-order valence-corrected chi connectivity index (χ4v) is 2.09. The first-order chi connectivity index (χ1) is 9.46. The number of benzene rings is 1. The Hall–Kier alpha value is -2.09. The summed E-state index contributed by atoms with van der Waals surface area (Å²) in [5.41, 5.74) is 1.67. The maximum absolute atomic E-state index is 12.3. The lowest BCUT2D eigenvalue weighted by Gasteiger charge is -2.21. The monoisotopic (exact) mass is 267 g/mol. The number of nitrogens with one attached hydrogen (secondary N) is 1. The minimum atomic E-state index is -0.228. The average Bonchev–Trinajstić information content (AvgIpc) is 2.63. The molecule has 0 aliphatic heterocycles. The summed E-state index contributed by atoms with van der Waals surface area (Å²) >= 11 is 0. The number of carbonyl (C=O) groups is 1. The highest BCUT2D eigenvalue weighted by molar-refractivity contribution is 5.97. The van der Waals surface area contributed by atoms with Crippen molar-refractivity contribution in [1.82, 2.24) is 5.32 Å². The van der Waals surface area contributed by atoms with Gasteiger partial charge in [-0.1, -0.05) is 54.6 Å². The van der Waals surface area contributed by atoms with Crippen LogP contribution in [0.5, 0.6) is 0 Å². The van der Waals surface area contributed by atoms with Gasteiger partial charge in [0.15, 0.2) is 0 Å². The molecule has 1 aromatic carbocycles. The van der Waals surface area contributed by atoms with Gasteiger partial charge in [0.2, 0.25) is 0 Å². The molecule has 0 saturated heterocycles. The summed E-state index contributed by atoms with van der Waals surface area (Å²) in [6.45, 7) is 5.95. The molecule has 2 heteroatoms. The number of allylic oxidation sites excluding steroid dienone is 4. The highest BCUT2D eigenvalue weighted by Gasteiger charge is 2.17. The van der Waals surface area contributed by atoms with Gasteiger partial charge in [-0.3, -0.25) is 4.79 Å². The topological polar surface area (TPSA) is 29.1 Å². The first-order valence-electron chi connectivity index (χ1n) is 6.90. The molecule has 0 aromatic heterocycles. The van der Waals surface area contributed by atoms with Gasteiger partial charge in [-0.2, -0.15) is 0 Å². The molecule has 0 heterocycles. The van der Waals surface area contributed by atoms with Crippen LogP contribution in [0.2, 0.25) is 0 Å². The van der Waals surface area contributed by atoms with Crippen LogP contribution < -0.4 is 5.32 Å². The van der Waals surface area contributed by atoms with Crippen LogP contribution in [0.15, 0.2) is 66.3 Å². The summed E-state index contributed by atoms with van der Waals surface area (Å²) in [6.07, 6.45) is 9.88. The first-order valence-corrected chi connectivity index (χ1v) is 6.90. The summed E-state index contributed by atoms with van der Waals surface area (Å²) in [7, 11) is 0. The van der Waals surface area contributed by atoms with Gasteiger partial charge in [-0.05, 0) is 32.4 Å². The predicted octanol–water partition coefficient (Wildman–Crippen LogP) is 3.74. The summed E-state index contributed by atoms with van der Waals surface area (Å²) in [4.78, 5) is 12.3. The van der Waals surface area contributed by atoms with Gasteiger partial charge in [-0.25, -0.2) is 0 Å². The SMILES string of the molecule is CC(C)(C)NC(=O)C1=CC(c2ccccc2)C=CC=C1. The lowest BCUT2D eigenvalue weighted by atomic mass is 9.96. The molecule has 104 valence electrons. The molecular weight excluding hydrogens is 246 g/mol. The standard InChI is InChI=1S/C18H21NO/c1-18(2,3)19-17(20)16-12-8-7-11-15(13-16)14-9-5-4-6-10-14/h4-13,15H,1-3H3,(H,19,20). The number of rotatable bonds is 2. The zero-order valence-electron chi connectivity index (χ0n) is 12.3. The van der Waals surface area contributed by atoms with Gasteiger partial charge >= 0.3 is 0 Å². The van der Waals surface area contributed by atoms with Crippen LogP contribution >= 0.6 is 0 Å². The van der Waals surface area contributed by atoms with E-state index < -0.39 is 0 Å². The highest BCUT2D eigenvalue weighted by Crippen LogP contribution is 2.23. The number of hydrogen-bond acceptors (Lipinski definition) is 1. The molecule has 1 amide bonds. The Bertz CT molecular complexity index is 559. The van der Waals surface area contributed by atoms with E-state index in [1.54, 1.807) is 0 Å². The van der Waals surface area contributed by atoms with E-state index in [4.69, 9.17) is 0 Å². The number of amides is 1. The third-order valence-electron chi connectivity index (χ3n) is 3.00. The molecule has 0 fully saturated rings. The zero-order valence-corrected chi connectivity index (χ0v) is 12.3. The van der Waals surface area contributed by atoms with Crippen LogP contribution in [0.4, 0.5) is 0 Å². The Morgan fingerprint density at radius 1 is 1.10 bits per heavy atom. The van der Waals surface area contributed by atoms with Crippen molar-refractivity contribution in [2.24, 2.45) is 0 Å². The molecule has 0 saturated carbocycles. The van der Waals surface area contributed by atoms with Crippen molar-refractivity contribution in [2.45, 2.75) is 32.2 Å². The quantitative estimate of drug-likeness (QED) is 0.869. The molecule has 20 heavy (non-hydrogen) atoms. The van der Waals surface area contributed by atoms with Crippen LogP contribution in [-0.4, -0.2) is 11.4 Å². The summed E-state index contributed by atoms with van der Waals surface area (Å²) in [5.74, 6) is 0.102. The molecule has 1 atom stereocenters. The van der Waals surface area contributed by atoms with Crippen molar-refractivity contribution in [3.8, 4) is 0 Å². The maximum Gasteiger partial charge on any atom is 0.251 e. The smallest absolute Gasteiger partial charge is 0.251 e. The van der Waals surface area contributed by atoms with E-state index in [2.05, 4.69) is 23.5 Å². The number of carbonyl (C=O) groups excluding carboxylic acids is 1. The second-order valence-corrected chi connectivity index (χ2v) is 6.01. The zero-order chi connectivity index (χ0) is 14.6. The molecule has 1 aromatic rings. The Kier molecular flexibility index (Phi) is 4.23. The molecule has 0 bridgehead atoms. The van der Waals surface area contributed by atoms with E-state index in [1.807, 2.05) is 63.3 Å². The largest absolute Gasteiger partial charge is 0.347 e. The van der Waals surface area contributed by atoms with Crippen LogP contribution in [-0.2, 0) is 4.79 Å². The Morgan fingerprint density at radius 3 is 2.45 bits per heavy atom. The normalized spacial score (nSPS) is 18.4. The van der Waals surface area contributed by atoms with E-state index in [9.17, 15) is 4.79 Å². The van der Waals surface area contributed by atoms with Gasteiger partial charge in [-0.15, -0.1) is 0 Å². The second-order valence-electron chi connectivity index (χ2n) is 6.01. The Balaban J connectivity index is 2.25. The van der Waals surface area contributed by atoms with E-state index >= 15 is 0 Å². The second kappa shape index (κ2) is 5.91. The maximum atomic E-state index is 12.3. The van der Waals surface area contributed by atoms with Crippen LogP contribution in [0.25, 0.3) is 0 Å². The molecule has 2 nitrogen and oxygen atoms in total. The van der Waals surface area contributed by atoms with Crippen molar-refractivity contribution >= 4 is 5.91 Å². The van der Waals surface area contributed by atoms with E-state index in [1.165, 1.54) is 5.56 Å². The van der Waals surface area contributed by atoms with Crippen LogP contribution in [0.1, 0.15) is 32.3 Å². The van der Waals surface area contributed by atoms with E-state index in [0.717, 1.165) is 0 Å². The molecule has 2 rings (SSSR count). The fraction of sp³-hybridized carbons (Fsp3) is 0.278. The lowest BCUT2D eigenvalue weighted by molar-refractivity contribution is -0.118. The van der Waals surface area contributed by atoms with Gasteiger partial charge in [0.1, 0.15) is 0 Å². The van der Waals surface area contributed by atoms with Crippen molar-refractivity contribution in [3.05, 3.63) is 71.8 Å². The van der Waals surface area contributed by atoms with Gasteiger partial charge in [0, 0.05) is 17.0 Å². The molecule has 1 aliphatic carbocycles. The molecule has 1 N–H and O–H groups in total. The summed E-state index contributed by atoms with van der Waals surface area (Å²) in [6, 6.07) is 10.2. The average molecular weight is 267 g/mol. The fourth-order valence-electron chi connectivity index (χ4n) is 2.09. The van der Waals surface area contributed by atoms with Gasteiger partial charge in [0.05, 0.1) is 0 Å². The molecule has 0 spiro atoms. The van der Waals surface area contributed by atoms with E-state index in [0.29, 0.717) is 5.57 Å². The minimum absolute atomic E-state index is 0.0293. The van der Waals surface area contributed by atoms with Gasteiger partial charge in [0.25, 0.3) is 5.91 Å². The summed E-state index contributed by atoms with van der Waals surface area (Å²) < 4.78 is 0. The van der Waals surface area contributed by atoms with Crippen molar-refractivity contribution in [2.75, 3.05) is 0 Å². The van der Waals surface area contributed by atoms with Crippen molar-refractivity contribution in [3.63, 3.8) is 0 Å². The Labute approximate surface area is 120 Å². The molecular formula is C18H21NO. The summed E-state index contributed by atoms with van der Waals surface area (Å²) in [5, 5.41) is 3.00. The third kappa shape index (κ3) is 3.95. The number of hydrogen-bond donors (Lipinski definition) is 1. The van der Waals surface area contributed by atoms with Crippen molar-refractivity contribution < 1.29 is 4.79 Å². The van der Waals surface area contributed by atoms with Crippen LogP contribution in [0, 0.1) is 0 Å². The van der Waals surface area contributed by atoms with Crippen molar-refractivity contribution in [1.29, 1.82) is 0 Å². The molecule has 1 aliphatic rings. The first kappa shape index (κ1) is 14.3. The Morgan fingerprint density at radius 2 is 1.80 bits per heavy atom. The van der Waals surface area contributed by atoms with Gasteiger partial charge < -0.3 is 5.32 Å². The highest BCUT2D eigenvalue weighted by atomic mass is 16.1. The molecule has 0 radical (unpaired) electrons. The minimum Gasteiger partial charge on any atom is -0.347 e. The van der Waals surface area contributed by atoms with E-state index in [-0.39, 0.29) is 17.4 Å². The molecule has 1 unspecified atom stereocenters. The predicted molar refractivity (Wildman–Crippen MR) is 83.4 cm³/mol. The lowest BCUT2D eigenvalue weighted by Crippen LogP contribution is -2.41. The third-order valence-corrected chi connectivity index (χ3v) is 3.00.